The molecule has 0 spiro atoms. The molecule has 0 N–H and O–H groups in total. The van der Waals surface area contributed by atoms with E-state index in [1.165, 1.54) is 13.0 Å². The van der Waals surface area contributed by atoms with E-state index in [0.29, 0.717) is 5.69 Å². The maximum Gasteiger partial charge on any atom is 0.281 e. The van der Waals surface area contributed by atoms with Crippen LogP contribution in [0.15, 0.2) is 6.07 Å². The summed E-state index contributed by atoms with van der Waals surface area (Å²) >= 11 is 6.88. The largest absolute Gasteiger partial charge is 0.281 e. The topological polar surface area (TPSA) is 30.0 Å². The van der Waals surface area contributed by atoms with Crippen LogP contribution in [0, 0.1) is 10.5 Å². The van der Waals surface area contributed by atoms with E-state index in [4.69, 9.17) is 11.6 Å². The van der Waals surface area contributed by atoms with Crippen LogP contribution >= 0.6 is 34.2 Å². The van der Waals surface area contributed by atoms with Gasteiger partial charge in [-0.05, 0) is 47.2 Å². The molecular formula is C8H5ClF2INO. The van der Waals surface area contributed by atoms with Gasteiger partial charge in [-0.3, -0.25) is 9.78 Å². The van der Waals surface area contributed by atoms with Gasteiger partial charge < -0.3 is 0 Å². The summed E-state index contributed by atoms with van der Waals surface area (Å²) in [7, 11) is 0. The van der Waals surface area contributed by atoms with E-state index < -0.39 is 17.4 Å². The average Bonchev–Trinajstić information content (AvgIpc) is 2.07. The van der Waals surface area contributed by atoms with E-state index in [1.54, 1.807) is 22.6 Å². The lowest BCUT2D eigenvalue weighted by Crippen LogP contribution is -2.04. The Kier molecular flexibility index (Phi) is 3.77. The van der Waals surface area contributed by atoms with Gasteiger partial charge in [0.2, 0.25) is 0 Å². The second-order valence-corrected chi connectivity index (χ2v) is 4.01. The van der Waals surface area contributed by atoms with Crippen molar-refractivity contribution in [1.82, 2.24) is 4.98 Å². The van der Waals surface area contributed by atoms with E-state index in [-0.39, 0.29) is 9.13 Å². The van der Waals surface area contributed by atoms with Crippen molar-refractivity contribution in [2.24, 2.45) is 0 Å². The lowest BCUT2D eigenvalue weighted by Gasteiger charge is -2.06. The fraction of sp³-hybridized carbons (Fsp3) is 0.250. The maximum atomic E-state index is 12.4. The van der Waals surface area contributed by atoms with Crippen LogP contribution in [0.4, 0.5) is 8.78 Å². The van der Waals surface area contributed by atoms with Crippen LogP contribution in [-0.4, -0.2) is 10.2 Å². The zero-order chi connectivity index (χ0) is 10.9. The van der Waals surface area contributed by atoms with Gasteiger partial charge >= 0.3 is 0 Å². The zero-order valence-electron chi connectivity index (χ0n) is 7.02. The Morgan fingerprint density at radius 1 is 1.64 bits per heavy atom. The number of aromatic nitrogens is 1. The molecule has 0 atom stereocenters. The lowest BCUT2D eigenvalue weighted by atomic mass is 10.2. The monoisotopic (exact) mass is 331 g/mol. The van der Waals surface area contributed by atoms with Gasteiger partial charge in [-0.2, -0.15) is 0 Å². The van der Waals surface area contributed by atoms with Gasteiger partial charge in [0, 0.05) is 5.69 Å². The molecule has 1 aromatic rings. The van der Waals surface area contributed by atoms with Crippen molar-refractivity contribution in [1.29, 1.82) is 0 Å². The summed E-state index contributed by atoms with van der Waals surface area (Å²) < 4.78 is 25.0. The second-order valence-electron chi connectivity index (χ2n) is 2.58. The van der Waals surface area contributed by atoms with Crippen molar-refractivity contribution in [2.45, 2.75) is 13.3 Å². The van der Waals surface area contributed by atoms with E-state index in [2.05, 4.69) is 4.98 Å². The van der Waals surface area contributed by atoms with Crippen molar-refractivity contribution >= 4 is 39.4 Å². The van der Waals surface area contributed by atoms with E-state index in [0.717, 1.165) is 0 Å². The van der Waals surface area contributed by atoms with E-state index >= 15 is 0 Å². The molecule has 1 rings (SSSR count). The molecule has 0 aromatic carbocycles. The van der Waals surface area contributed by atoms with Gasteiger partial charge in [0.05, 0.1) is 9.13 Å². The summed E-state index contributed by atoms with van der Waals surface area (Å²) in [6.45, 7) is 1.53. The van der Waals surface area contributed by atoms with Crippen molar-refractivity contribution in [3.8, 4) is 0 Å². The molecular weight excluding hydrogens is 326 g/mol. The maximum absolute atomic E-state index is 12.4. The van der Waals surface area contributed by atoms with Crippen LogP contribution in [-0.2, 0) is 0 Å². The molecule has 0 bridgehead atoms. The van der Waals surface area contributed by atoms with Gasteiger partial charge in [0.25, 0.3) is 11.7 Å². The Hall–Kier alpha value is -0.300. The number of hydrogen-bond donors (Lipinski definition) is 0. The molecule has 76 valence electrons. The number of carbonyl (C=O) groups excluding carboxylic acids is 1. The Bertz CT molecular complexity index is 384. The first-order chi connectivity index (χ1) is 6.43. The standard InChI is InChI=1S/C8H5ClF2INO/c1-3-2-4(7(9)14)5(12)6(13-3)8(10)11/h2,8H,1H3. The van der Waals surface area contributed by atoms with Crippen molar-refractivity contribution in [2.75, 3.05) is 0 Å². The summed E-state index contributed by atoms with van der Waals surface area (Å²) in [6.07, 6.45) is -2.70. The number of nitrogens with zero attached hydrogens (tertiary/aromatic N) is 1. The minimum absolute atomic E-state index is 0.0788. The number of aryl methyl sites for hydroxylation is 1. The van der Waals surface area contributed by atoms with Crippen LogP contribution in [0.3, 0.4) is 0 Å². The summed E-state index contributed by atoms with van der Waals surface area (Å²) in [4.78, 5) is 14.5. The molecule has 0 aliphatic carbocycles. The number of pyridine rings is 1. The number of halogens is 4. The highest BCUT2D eigenvalue weighted by atomic mass is 127. The first-order valence-electron chi connectivity index (χ1n) is 3.58. The third-order valence-corrected chi connectivity index (χ3v) is 2.87. The molecule has 6 heteroatoms. The number of alkyl halides is 2. The quantitative estimate of drug-likeness (QED) is 0.615. The van der Waals surface area contributed by atoms with Crippen LogP contribution in [0.2, 0.25) is 0 Å². The van der Waals surface area contributed by atoms with Gasteiger partial charge in [-0.1, -0.05) is 0 Å². The zero-order valence-corrected chi connectivity index (χ0v) is 9.94. The molecule has 14 heavy (non-hydrogen) atoms. The highest BCUT2D eigenvalue weighted by Crippen LogP contribution is 2.26. The Labute approximate surface area is 97.8 Å². The second kappa shape index (κ2) is 4.48. The van der Waals surface area contributed by atoms with Crippen molar-refractivity contribution in [3.63, 3.8) is 0 Å². The van der Waals surface area contributed by atoms with E-state index in [1.807, 2.05) is 0 Å². The first kappa shape index (κ1) is 11.8. The Balaban J connectivity index is 3.40. The third-order valence-electron chi connectivity index (χ3n) is 1.53. The summed E-state index contributed by atoms with van der Waals surface area (Å²) in [5.74, 6) is 0. The smallest absolute Gasteiger partial charge is 0.276 e. The third kappa shape index (κ3) is 2.38. The Morgan fingerprint density at radius 2 is 2.21 bits per heavy atom. The summed E-state index contributed by atoms with van der Waals surface area (Å²) in [5.41, 5.74) is 0.0365. The molecule has 1 aromatic heterocycles. The van der Waals surface area contributed by atoms with Gasteiger partial charge in [0.1, 0.15) is 5.69 Å². The van der Waals surface area contributed by atoms with Gasteiger partial charge in [-0.25, -0.2) is 8.78 Å². The highest BCUT2D eigenvalue weighted by molar-refractivity contribution is 14.1. The van der Waals surface area contributed by atoms with E-state index in [9.17, 15) is 13.6 Å². The lowest BCUT2D eigenvalue weighted by molar-refractivity contribution is 0.107. The van der Waals surface area contributed by atoms with Crippen LogP contribution in [0.1, 0.15) is 28.2 Å². The summed E-state index contributed by atoms with van der Waals surface area (Å²) in [5, 5.41) is -0.748. The molecule has 0 aliphatic heterocycles. The fourth-order valence-corrected chi connectivity index (χ4v) is 2.03. The predicted molar refractivity (Wildman–Crippen MR) is 56.8 cm³/mol. The molecule has 2 nitrogen and oxygen atoms in total. The van der Waals surface area contributed by atoms with Gasteiger partial charge in [-0.15, -0.1) is 0 Å². The molecule has 0 radical (unpaired) electrons. The van der Waals surface area contributed by atoms with Crippen molar-refractivity contribution < 1.29 is 13.6 Å². The molecule has 1 heterocycles. The predicted octanol–water partition coefficient (Wildman–Crippen LogP) is 3.31. The normalized spacial score (nSPS) is 10.7. The molecule has 0 amide bonds. The summed E-state index contributed by atoms with van der Waals surface area (Å²) in [6, 6.07) is 1.39. The van der Waals surface area contributed by atoms with Crippen LogP contribution < -0.4 is 0 Å². The first-order valence-corrected chi connectivity index (χ1v) is 5.04. The van der Waals surface area contributed by atoms with Crippen molar-refractivity contribution in [3.05, 3.63) is 26.6 Å². The van der Waals surface area contributed by atoms with Crippen LogP contribution in [0.5, 0.6) is 0 Å². The fourth-order valence-electron chi connectivity index (χ4n) is 0.969. The number of carbonyl (C=O) groups is 1. The average molecular weight is 331 g/mol. The highest BCUT2D eigenvalue weighted by Gasteiger charge is 2.19. The molecule has 0 saturated carbocycles. The Morgan fingerprint density at radius 3 is 2.64 bits per heavy atom. The molecule has 0 unspecified atom stereocenters. The van der Waals surface area contributed by atoms with Gasteiger partial charge in [0.15, 0.2) is 0 Å². The minimum atomic E-state index is -2.70. The molecule has 0 aliphatic rings. The number of rotatable bonds is 2. The minimum Gasteiger partial charge on any atom is -0.276 e. The number of hydrogen-bond acceptors (Lipinski definition) is 2. The molecule has 0 saturated heterocycles. The van der Waals surface area contributed by atoms with Crippen LogP contribution in [0.25, 0.3) is 0 Å². The molecule has 0 fully saturated rings. The SMILES string of the molecule is Cc1cc(C(=O)Cl)c(I)c(C(F)F)n1.